The number of hydrogen-bond donors (Lipinski definition) is 1. The quantitative estimate of drug-likeness (QED) is 0.888. The van der Waals surface area contributed by atoms with Crippen LogP contribution in [0.1, 0.15) is 20.3 Å². The Morgan fingerprint density at radius 2 is 2.16 bits per heavy atom. The standard InChI is InChI=1S/C11H14ClN3O3S/c1-8(2)15(5-3-4-13)19(17,18)9-6-10(12)11(16)14-7-9/h6-8H,3,5H2,1-2H3,(H,14,16). The maximum Gasteiger partial charge on any atom is 0.266 e. The molecule has 8 heteroatoms. The zero-order valence-corrected chi connectivity index (χ0v) is 12.1. The first-order valence-electron chi connectivity index (χ1n) is 5.57. The largest absolute Gasteiger partial charge is 0.326 e. The molecule has 0 amide bonds. The summed E-state index contributed by atoms with van der Waals surface area (Å²) in [5.74, 6) is 0. The lowest BCUT2D eigenvalue weighted by molar-refractivity contribution is 0.360. The summed E-state index contributed by atoms with van der Waals surface area (Å²) in [7, 11) is -3.78. The van der Waals surface area contributed by atoms with Gasteiger partial charge in [-0.3, -0.25) is 4.79 Å². The average molecular weight is 304 g/mol. The van der Waals surface area contributed by atoms with Gasteiger partial charge in [0.25, 0.3) is 5.56 Å². The van der Waals surface area contributed by atoms with Gasteiger partial charge in [-0.2, -0.15) is 9.57 Å². The molecule has 0 saturated carbocycles. The Morgan fingerprint density at radius 3 is 2.63 bits per heavy atom. The van der Waals surface area contributed by atoms with Gasteiger partial charge in [0.05, 0.1) is 11.0 Å². The van der Waals surface area contributed by atoms with Gasteiger partial charge in [-0.05, 0) is 19.9 Å². The molecule has 0 aromatic carbocycles. The van der Waals surface area contributed by atoms with Gasteiger partial charge in [0.15, 0.2) is 0 Å². The van der Waals surface area contributed by atoms with E-state index in [1.54, 1.807) is 13.8 Å². The summed E-state index contributed by atoms with van der Waals surface area (Å²) in [6, 6.07) is 2.71. The molecule has 0 aliphatic carbocycles. The van der Waals surface area contributed by atoms with Crippen LogP contribution in [0.3, 0.4) is 0 Å². The molecule has 0 bridgehead atoms. The van der Waals surface area contributed by atoms with Crippen LogP contribution in [0, 0.1) is 11.3 Å². The third-order valence-electron chi connectivity index (χ3n) is 2.46. The molecule has 0 atom stereocenters. The maximum absolute atomic E-state index is 12.4. The number of aromatic nitrogens is 1. The van der Waals surface area contributed by atoms with E-state index < -0.39 is 15.6 Å². The molecular formula is C11H14ClN3O3S. The van der Waals surface area contributed by atoms with Crippen molar-refractivity contribution in [3.63, 3.8) is 0 Å². The molecule has 1 heterocycles. The molecule has 0 aliphatic rings. The molecule has 6 nitrogen and oxygen atoms in total. The van der Waals surface area contributed by atoms with Crippen LogP contribution >= 0.6 is 11.6 Å². The predicted octanol–water partition coefficient (Wildman–Crippen LogP) is 1.34. The second kappa shape index (κ2) is 6.19. The van der Waals surface area contributed by atoms with Crippen LogP contribution in [0.15, 0.2) is 22.0 Å². The lowest BCUT2D eigenvalue weighted by Crippen LogP contribution is -2.37. The lowest BCUT2D eigenvalue weighted by Gasteiger charge is -2.24. The number of nitriles is 1. The minimum absolute atomic E-state index is 0.0905. The highest BCUT2D eigenvalue weighted by atomic mass is 35.5. The number of halogens is 1. The van der Waals surface area contributed by atoms with Crippen molar-refractivity contribution in [1.82, 2.24) is 9.29 Å². The fraction of sp³-hybridized carbons (Fsp3) is 0.455. The highest BCUT2D eigenvalue weighted by Gasteiger charge is 2.27. The predicted molar refractivity (Wildman–Crippen MR) is 71.3 cm³/mol. The Labute approximate surface area is 116 Å². The first-order valence-corrected chi connectivity index (χ1v) is 7.39. The van der Waals surface area contributed by atoms with Crippen molar-refractivity contribution >= 4 is 21.6 Å². The first kappa shape index (κ1) is 15.7. The SMILES string of the molecule is CC(C)N(CCC#N)S(=O)(=O)c1c[nH]c(=O)c(Cl)c1. The van der Waals surface area contributed by atoms with Crippen LogP contribution in [-0.2, 0) is 10.0 Å². The number of rotatable bonds is 5. The third-order valence-corrected chi connectivity index (χ3v) is 4.79. The summed E-state index contributed by atoms with van der Waals surface area (Å²) < 4.78 is 26.0. The number of nitrogens with one attached hydrogen (secondary N) is 1. The molecule has 104 valence electrons. The number of aromatic amines is 1. The molecule has 0 fully saturated rings. The van der Waals surface area contributed by atoms with E-state index >= 15 is 0 Å². The first-order chi connectivity index (χ1) is 8.80. The summed E-state index contributed by atoms with van der Waals surface area (Å²) in [5, 5.41) is 8.38. The lowest BCUT2D eigenvalue weighted by atomic mass is 10.3. The highest BCUT2D eigenvalue weighted by molar-refractivity contribution is 7.89. The van der Waals surface area contributed by atoms with E-state index in [4.69, 9.17) is 16.9 Å². The summed E-state index contributed by atoms with van der Waals surface area (Å²) in [5.41, 5.74) is -0.547. The van der Waals surface area contributed by atoms with E-state index in [0.29, 0.717) is 0 Å². The van der Waals surface area contributed by atoms with Crippen LogP contribution in [0.2, 0.25) is 5.02 Å². The van der Waals surface area contributed by atoms with Gasteiger partial charge in [0.2, 0.25) is 10.0 Å². The third kappa shape index (κ3) is 3.56. The molecule has 0 radical (unpaired) electrons. The zero-order valence-electron chi connectivity index (χ0n) is 10.6. The molecule has 1 aromatic heterocycles. The van der Waals surface area contributed by atoms with E-state index in [2.05, 4.69) is 4.98 Å². The number of pyridine rings is 1. The van der Waals surface area contributed by atoms with Crippen molar-refractivity contribution < 1.29 is 8.42 Å². The molecule has 0 saturated heterocycles. The Morgan fingerprint density at radius 1 is 1.53 bits per heavy atom. The molecular weight excluding hydrogens is 290 g/mol. The van der Waals surface area contributed by atoms with Crippen LogP contribution in [0.25, 0.3) is 0 Å². The van der Waals surface area contributed by atoms with E-state index in [1.807, 2.05) is 6.07 Å². The van der Waals surface area contributed by atoms with Gasteiger partial charge < -0.3 is 4.98 Å². The van der Waals surface area contributed by atoms with Gasteiger partial charge in [0.1, 0.15) is 5.02 Å². The van der Waals surface area contributed by atoms with E-state index in [1.165, 1.54) is 4.31 Å². The molecule has 19 heavy (non-hydrogen) atoms. The maximum atomic E-state index is 12.4. The van der Waals surface area contributed by atoms with E-state index in [9.17, 15) is 13.2 Å². The fourth-order valence-electron chi connectivity index (χ4n) is 1.54. The number of H-pyrrole nitrogens is 1. The zero-order chi connectivity index (χ0) is 14.6. The van der Waals surface area contributed by atoms with Crippen molar-refractivity contribution in [2.45, 2.75) is 31.2 Å². The van der Waals surface area contributed by atoms with Crippen LogP contribution in [0.5, 0.6) is 0 Å². The summed E-state index contributed by atoms with van der Waals surface area (Å²) >= 11 is 5.63. The van der Waals surface area contributed by atoms with Crippen molar-refractivity contribution in [1.29, 1.82) is 5.26 Å². The molecule has 1 N–H and O–H groups in total. The molecule has 1 aromatic rings. The summed E-state index contributed by atoms with van der Waals surface area (Å²) in [6.07, 6.45) is 1.19. The Kier molecular flexibility index (Phi) is 5.11. The minimum Gasteiger partial charge on any atom is -0.326 e. The van der Waals surface area contributed by atoms with Crippen molar-refractivity contribution in [3.05, 3.63) is 27.6 Å². The highest BCUT2D eigenvalue weighted by Crippen LogP contribution is 2.19. The van der Waals surface area contributed by atoms with Gasteiger partial charge >= 0.3 is 0 Å². The van der Waals surface area contributed by atoms with Crippen LogP contribution in [0.4, 0.5) is 0 Å². The van der Waals surface area contributed by atoms with Crippen molar-refractivity contribution in [2.24, 2.45) is 0 Å². The molecule has 1 rings (SSSR count). The van der Waals surface area contributed by atoms with Crippen molar-refractivity contribution in [2.75, 3.05) is 6.54 Å². The number of hydrogen-bond acceptors (Lipinski definition) is 4. The Balaban J connectivity index is 3.23. The number of nitrogens with zero attached hydrogens (tertiary/aromatic N) is 2. The molecule has 0 aliphatic heterocycles. The number of sulfonamides is 1. The topological polar surface area (TPSA) is 94.0 Å². The molecule has 0 spiro atoms. The van der Waals surface area contributed by atoms with Crippen LogP contribution in [-0.4, -0.2) is 30.3 Å². The second-order valence-electron chi connectivity index (χ2n) is 4.13. The Bertz CT molecular complexity index is 646. The van der Waals surface area contributed by atoms with E-state index in [-0.39, 0.29) is 28.9 Å². The smallest absolute Gasteiger partial charge is 0.266 e. The monoisotopic (exact) mass is 303 g/mol. The van der Waals surface area contributed by atoms with Crippen molar-refractivity contribution in [3.8, 4) is 6.07 Å². The second-order valence-corrected chi connectivity index (χ2v) is 6.43. The molecule has 0 unspecified atom stereocenters. The Hall–Kier alpha value is -1.36. The minimum atomic E-state index is -3.78. The van der Waals surface area contributed by atoms with Gasteiger partial charge in [-0.1, -0.05) is 11.6 Å². The normalized spacial score (nSPS) is 11.8. The fourth-order valence-corrected chi connectivity index (χ4v) is 3.41. The van der Waals surface area contributed by atoms with Gasteiger partial charge in [0, 0.05) is 25.2 Å². The summed E-state index contributed by atoms with van der Waals surface area (Å²) in [6.45, 7) is 3.51. The average Bonchev–Trinajstić information content (AvgIpc) is 2.32. The summed E-state index contributed by atoms with van der Waals surface area (Å²) in [4.78, 5) is 13.3. The van der Waals surface area contributed by atoms with Gasteiger partial charge in [-0.25, -0.2) is 8.42 Å². The van der Waals surface area contributed by atoms with E-state index in [0.717, 1.165) is 12.3 Å². The van der Waals surface area contributed by atoms with Gasteiger partial charge in [-0.15, -0.1) is 0 Å². The van der Waals surface area contributed by atoms with Crippen LogP contribution < -0.4 is 5.56 Å².